The molecule has 1 amide bonds. The molecule has 5 nitrogen and oxygen atoms in total. The maximum atomic E-state index is 12.4. The van der Waals surface area contributed by atoms with Crippen molar-refractivity contribution >= 4 is 5.91 Å². The molecule has 2 fully saturated rings. The fraction of sp³-hybridized carbons (Fsp3) is 0.667. The van der Waals surface area contributed by atoms with Crippen molar-refractivity contribution in [2.45, 2.75) is 57.2 Å². The van der Waals surface area contributed by atoms with Gasteiger partial charge in [-0.2, -0.15) is 8.78 Å². The van der Waals surface area contributed by atoms with Crippen molar-refractivity contribution in [1.29, 1.82) is 0 Å². The molecule has 1 N–H and O–H groups in total. The number of hydrogen-bond acceptors (Lipinski definition) is 4. The molecular formula is C18H24F2N2O3. The number of nitrogens with zero attached hydrogens (tertiary/aromatic N) is 1. The standard InChI is InChI=1S/C18H24F2N2O3/c19-17(20)25-16-8-4-7-14(22-16)18(9-10-24-18)12-21-15(23)11-13-5-2-1-3-6-13/h4,7-8,13,17H,1-3,5-6,9-12H2,(H,21,23). The van der Waals surface area contributed by atoms with E-state index in [1.54, 1.807) is 12.1 Å². The molecule has 1 aliphatic carbocycles. The Hall–Kier alpha value is -1.76. The molecule has 0 aromatic carbocycles. The molecule has 25 heavy (non-hydrogen) atoms. The minimum atomic E-state index is -2.92. The summed E-state index contributed by atoms with van der Waals surface area (Å²) in [5.41, 5.74) is -0.237. The number of hydrogen-bond donors (Lipinski definition) is 1. The van der Waals surface area contributed by atoms with Gasteiger partial charge in [-0.15, -0.1) is 0 Å². The van der Waals surface area contributed by atoms with E-state index < -0.39 is 12.2 Å². The van der Waals surface area contributed by atoms with Crippen LogP contribution in [0.4, 0.5) is 8.78 Å². The van der Waals surface area contributed by atoms with Gasteiger partial charge in [0, 0.05) is 18.9 Å². The van der Waals surface area contributed by atoms with Crippen LogP contribution in [-0.4, -0.2) is 30.7 Å². The molecule has 2 heterocycles. The third-order valence-corrected chi connectivity index (χ3v) is 5.05. The Morgan fingerprint density at radius 3 is 2.76 bits per heavy atom. The summed E-state index contributed by atoms with van der Waals surface area (Å²) in [7, 11) is 0. The van der Waals surface area contributed by atoms with E-state index in [-0.39, 0.29) is 11.8 Å². The highest BCUT2D eigenvalue weighted by Gasteiger charge is 2.42. The first-order valence-electron chi connectivity index (χ1n) is 8.90. The van der Waals surface area contributed by atoms with Gasteiger partial charge in [0.25, 0.3) is 0 Å². The number of ether oxygens (including phenoxy) is 2. The van der Waals surface area contributed by atoms with Gasteiger partial charge in [0.2, 0.25) is 11.8 Å². The molecule has 1 aromatic rings. The first-order valence-corrected chi connectivity index (χ1v) is 8.90. The second-order valence-corrected chi connectivity index (χ2v) is 6.82. The van der Waals surface area contributed by atoms with Crippen molar-refractivity contribution in [3.63, 3.8) is 0 Å². The third-order valence-electron chi connectivity index (χ3n) is 5.05. The lowest BCUT2D eigenvalue weighted by Gasteiger charge is -2.41. The Morgan fingerprint density at radius 2 is 2.12 bits per heavy atom. The SMILES string of the molecule is O=C(CC1CCCCC1)NCC1(c2cccc(OC(F)F)n2)CCO1. The van der Waals surface area contributed by atoms with E-state index in [4.69, 9.17) is 4.74 Å². The van der Waals surface area contributed by atoms with Gasteiger partial charge in [0.1, 0.15) is 5.60 Å². The van der Waals surface area contributed by atoms with Gasteiger partial charge in [0.05, 0.1) is 18.8 Å². The summed E-state index contributed by atoms with van der Waals surface area (Å²) < 4.78 is 34.8. The van der Waals surface area contributed by atoms with E-state index >= 15 is 0 Å². The van der Waals surface area contributed by atoms with Gasteiger partial charge >= 0.3 is 6.61 Å². The second-order valence-electron chi connectivity index (χ2n) is 6.82. The fourth-order valence-electron chi connectivity index (χ4n) is 3.57. The zero-order valence-electron chi connectivity index (χ0n) is 14.2. The zero-order chi connectivity index (χ0) is 17.7. The van der Waals surface area contributed by atoms with Gasteiger partial charge in [-0.3, -0.25) is 4.79 Å². The van der Waals surface area contributed by atoms with Crippen LogP contribution in [-0.2, 0) is 15.1 Å². The van der Waals surface area contributed by atoms with Crippen LogP contribution in [0.2, 0.25) is 0 Å². The fourth-order valence-corrected chi connectivity index (χ4v) is 3.57. The van der Waals surface area contributed by atoms with Gasteiger partial charge < -0.3 is 14.8 Å². The molecule has 3 rings (SSSR count). The van der Waals surface area contributed by atoms with E-state index in [1.807, 2.05) is 0 Å². The van der Waals surface area contributed by atoms with Crippen LogP contribution in [0.1, 0.15) is 50.6 Å². The number of halogens is 2. The van der Waals surface area contributed by atoms with E-state index in [9.17, 15) is 13.6 Å². The van der Waals surface area contributed by atoms with Crippen molar-refractivity contribution in [2.24, 2.45) is 5.92 Å². The Balaban J connectivity index is 1.58. The van der Waals surface area contributed by atoms with E-state index in [2.05, 4.69) is 15.0 Å². The van der Waals surface area contributed by atoms with Gasteiger partial charge in [-0.1, -0.05) is 25.3 Å². The first-order chi connectivity index (χ1) is 12.1. The van der Waals surface area contributed by atoms with Crippen LogP contribution in [0.15, 0.2) is 18.2 Å². The number of amides is 1. The average Bonchev–Trinajstić information content (AvgIpc) is 2.54. The predicted molar refractivity (Wildman–Crippen MR) is 87.3 cm³/mol. The van der Waals surface area contributed by atoms with Crippen LogP contribution in [0.25, 0.3) is 0 Å². The molecule has 138 valence electrons. The number of rotatable bonds is 7. The predicted octanol–water partition coefficient (Wildman–Crippen LogP) is 3.39. The summed E-state index contributed by atoms with van der Waals surface area (Å²) in [6.45, 7) is -2.07. The summed E-state index contributed by atoms with van der Waals surface area (Å²) in [6.07, 6.45) is 7.11. The molecule has 1 atom stereocenters. The Morgan fingerprint density at radius 1 is 1.36 bits per heavy atom. The molecule has 1 saturated heterocycles. The lowest BCUT2D eigenvalue weighted by molar-refractivity contribution is -0.158. The highest BCUT2D eigenvalue weighted by Crippen LogP contribution is 2.36. The Bertz CT molecular complexity index is 587. The number of carbonyl (C=O) groups is 1. The highest BCUT2D eigenvalue weighted by molar-refractivity contribution is 5.76. The molecular weight excluding hydrogens is 330 g/mol. The normalized spacial score (nSPS) is 24.0. The summed E-state index contributed by atoms with van der Waals surface area (Å²) in [4.78, 5) is 16.4. The number of alkyl halides is 2. The first kappa shape index (κ1) is 18.0. The zero-order valence-corrected chi connectivity index (χ0v) is 14.2. The topological polar surface area (TPSA) is 60.5 Å². The van der Waals surface area contributed by atoms with Crippen LogP contribution < -0.4 is 10.1 Å². The molecule has 0 spiro atoms. The van der Waals surface area contributed by atoms with E-state index in [0.717, 1.165) is 12.8 Å². The van der Waals surface area contributed by atoms with Crippen LogP contribution in [0.3, 0.4) is 0 Å². The van der Waals surface area contributed by atoms with Crippen molar-refractivity contribution in [3.8, 4) is 5.88 Å². The van der Waals surface area contributed by atoms with Gasteiger partial charge in [-0.25, -0.2) is 4.98 Å². The Kier molecular flexibility index (Phi) is 5.83. The largest absolute Gasteiger partial charge is 0.417 e. The summed E-state index contributed by atoms with van der Waals surface area (Å²) in [6, 6.07) is 4.70. The van der Waals surface area contributed by atoms with Crippen LogP contribution >= 0.6 is 0 Å². The smallest absolute Gasteiger partial charge is 0.388 e. The average molecular weight is 354 g/mol. The number of nitrogens with one attached hydrogen (secondary N) is 1. The van der Waals surface area contributed by atoms with Crippen molar-refractivity contribution in [2.75, 3.05) is 13.2 Å². The highest BCUT2D eigenvalue weighted by atomic mass is 19.3. The van der Waals surface area contributed by atoms with Crippen LogP contribution in [0.5, 0.6) is 5.88 Å². The minimum absolute atomic E-state index is 0.0155. The molecule has 2 aliphatic rings. The van der Waals surface area contributed by atoms with E-state index in [0.29, 0.717) is 37.6 Å². The monoisotopic (exact) mass is 354 g/mol. The van der Waals surface area contributed by atoms with Gasteiger partial charge in [-0.05, 0) is 24.8 Å². The summed E-state index contributed by atoms with van der Waals surface area (Å²) in [5.74, 6) is 0.338. The lowest BCUT2D eigenvalue weighted by Crippen LogP contribution is -2.50. The maximum absolute atomic E-state index is 12.4. The van der Waals surface area contributed by atoms with Crippen molar-refractivity contribution in [3.05, 3.63) is 23.9 Å². The molecule has 1 saturated carbocycles. The number of carbonyl (C=O) groups excluding carboxylic acids is 1. The van der Waals surface area contributed by atoms with Crippen molar-refractivity contribution < 1.29 is 23.0 Å². The maximum Gasteiger partial charge on any atom is 0.388 e. The summed E-state index contributed by atoms with van der Waals surface area (Å²) >= 11 is 0. The molecule has 1 unspecified atom stereocenters. The van der Waals surface area contributed by atoms with Crippen molar-refractivity contribution in [1.82, 2.24) is 10.3 Å². The van der Waals surface area contributed by atoms with Gasteiger partial charge in [0.15, 0.2) is 0 Å². The Labute approximate surface area is 146 Å². The molecule has 0 radical (unpaired) electrons. The molecule has 1 aromatic heterocycles. The van der Waals surface area contributed by atoms with E-state index in [1.165, 1.54) is 25.3 Å². The number of pyridine rings is 1. The molecule has 1 aliphatic heterocycles. The minimum Gasteiger partial charge on any atom is -0.417 e. The third kappa shape index (κ3) is 4.66. The summed E-state index contributed by atoms with van der Waals surface area (Å²) in [5, 5.41) is 2.94. The van der Waals surface area contributed by atoms with Crippen LogP contribution in [0, 0.1) is 5.92 Å². The number of aromatic nitrogens is 1. The quantitative estimate of drug-likeness (QED) is 0.815. The second kappa shape index (κ2) is 8.08. The lowest BCUT2D eigenvalue weighted by atomic mass is 9.86. The molecule has 0 bridgehead atoms. The molecule has 7 heteroatoms.